The van der Waals surface area contributed by atoms with Crippen molar-refractivity contribution in [3.63, 3.8) is 0 Å². The molecule has 0 spiro atoms. The summed E-state index contributed by atoms with van der Waals surface area (Å²) in [6, 6.07) is 9.98. The fourth-order valence-electron chi connectivity index (χ4n) is 2.42. The SMILES string of the molecule is Cc1nc(-c2cccc(C3CCC3)c2)cc(=O)[nH]1. The monoisotopic (exact) mass is 240 g/mol. The van der Waals surface area contributed by atoms with E-state index in [1.165, 1.54) is 24.8 Å². The van der Waals surface area contributed by atoms with E-state index in [2.05, 4.69) is 28.2 Å². The van der Waals surface area contributed by atoms with Crippen molar-refractivity contribution in [3.05, 3.63) is 52.1 Å². The fourth-order valence-corrected chi connectivity index (χ4v) is 2.42. The minimum absolute atomic E-state index is 0.0912. The lowest BCUT2D eigenvalue weighted by atomic mass is 9.79. The van der Waals surface area contributed by atoms with Gasteiger partial charge in [-0.2, -0.15) is 0 Å². The highest BCUT2D eigenvalue weighted by molar-refractivity contribution is 5.60. The van der Waals surface area contributed by atoms with E-state index >= 15 is 0 Å². The molecule has 0 unspecified atom stereocenters. The molecule has 0 radical (unpaired) electrons. The molecule has 0 amide bonds. The zero-order chi connectivity index (χ0) is 12.5. The maximum atomic E-state index is 11.5. The third kappa shape index (κ3) is 2.08. The maximum absolute atomic E-state index is 11.5. The van der Waals surface area contributed by atoms with Crippen LogP contribution in [0.25, 0.3) is 11.3 Å². The average Bonchev–Trinajstić information content (AvgIpc) is 2.26. The summed E-state index contributed by atoms with van der Waals surface area (Å²) in [6.45, 7) is 1.81. The quantitative estimate of drug-likeness (QED) is 0.877. The Morgan fingerprint density at radius 2 is 2.11 bits per heavy atom. The van der Waals surface area contributed by atoms with Crippen LogP contribution in [0.2, 0.25) is 0 Å². The first kappa shape index (κ1) is 11.2. The Kier molecular flexibility index (Phi) is 2.74. The molecule has 1 aliphatic carbocycles. The minimum atomic E-state index is -0.0912. The Bertz CT molecular complexity index is 626. The normalized spacial score (nSPS) is 15.4. The van der Waals surface area contributed by atoms with E-state index in [-0.39, 0.29) is 5.56 Å². The Hall–Kier alpha value is -1.90. The van der Waals surface area contributed by atoms with E-state index in [1.54, 1.807) is 13.0 Å². The predicted molar refractivity (Wildman–Crippen MR) is 71.6 cm³/mol. The number of aromatic nitrogens is 2. The van der Waals surface area contributed by atoms with Gasteiger partial charge in [0, 0.05) is 11.6 Å². The lowest BCUT2D eigenvalue weighted by Gasteiger charge is -2.26. The molecule has 1 aromatic heterocycles. The Morgan fingerprint density at radius 3 is 2.78 bits per heavy atom. The van der Waals surface area contributed by atoms with Gasteiger partial charge in [0.15, 0.2) is 0 Å². The van der Waals surface area contributed by atoms with Gasteiger partial charge in [-0.3, -0.25) is 4.79 Å². The topological polar surface area (TPSA) is 45.8 Å². The van der Waals surface area contributed by atoms with Crippen LogP contribution in [-0.2, 0) is 0 Å². The zero-order valence-corrected chi connectivity index (χ0v) is 10.4. The van der Waals surface area contributed by atoms with Gasteiger partial charge in [0.25, 0.3) is 5.56 Å². The summed E-state index contributed by atoms with van der Waals surface area (Å²) in [5.41, 5.74) is 3.08. The summed E-state index contributed by atoms with van der Waals surface area (Å²) in [5, 5.41) is 0. The molecule has 0 bridgehead atoms. The third-order valence-corrected chi connectivity index (χ3v) is 3.62. The number of aromatic amines is 1. The zero-order valence-electron chi connectivity index (χ0n) is 10.4. The van der Waals surface area contributed by atoms with Crippen LogP contribution in [0.1, 0.15) is 36.6 Å². The van der Waals surface area contributed by atoms with Crippen molar-refractivity contribution in [1.29, 1.82) is 0 Å². The van der Waals surface area contributed by atoms with E-state index in [9.17, 15) is 4.79 Å². The molecule has 1 heterocycles. The first-order chi connectivity index (χ1) is 8.72. The van der Waals surface area contributed by atoms with Crippen LogP contribution in [-0.4, -0.2) is 9.97 Å². The first-order valence-corrected chi connectivity index (χ1v) is 6.41. The number of hydrogen-bond acceptors (Lipinski definition) is 2. The van der Waals surface area contributed by atoms with E-state index in [0.29, 0.717) is 11.7 Å². The second-order valence-electron chi connectivity index (χ2n) is 4.97. The third-order valence-electron chi connectivity index (χ3n) is 3.62. The lowest BCUT2D eigenvalue weighted by molar-refractivity contribution is 0.420. The van der Waals surface area contributed by atoms with Gasteiger partial charge in [-0.25, -0.2) is 4.98 Å². The van der Waals surface area contributed by atoms with E-state index < -0.39 is 0 Å². The van der Waals surface area contributed by atoms with Crippen molar-refractivity contribution in [2.24, 2.45) is 0 Å². The molecule has 3 nitrogen and oxygen atoms in total. The number of nitrogens with zero attached hydrogens (tertiary/aromatic N) is 1. The highest BCUT2D eigenvalue weighted by Crippen LogP contribution is 2.37. The molecule has 1 aliphatic rings. The number of nitrogens with one attached hydrogen (secondary N) is 1. The van der Waals surface area contributed by atoms with Gasteiger partial charge < -0.3 is 4.98 Å². The number of H-pyrrole nitrogens is 1. The summed E-state index contributed by atoms with van der Waals surface area (Å²) in [5.74, 6) is 1.36. The Labute approximate surface area is 106 Å². The molecule has 1 N–H and O–H groups in total. The van der Waals surface area contributed by atoms with Crippen LogP contribution >= 0.6 is 0 Å². The molecule has 3 heteroatoms. The van der Waals surface area contributed by atoms with Gasteiger partial charge in [-0.1, -0.05) is 24.6 Å². The molecule has 1 fully saturated rings. The lowest BCUT2D eigenvalue weighted by Crippen LogP contribution is -2.10. The van der Waals surface area contributed by atoms with Crippen LogP contribution in [0, 0.1) is 6.92 Å². The molecule has 0 saturated heterocycles. The van der Waals surface area contributed by atoms with Gasteiger partial charge in [0.2, 0.25) is 0 Å². The highest BCUT2D eigenvalue weighted by Gasteiger charge is 2.19. The molecule has 0 atom stereocenters. The maximum Gasteiger partial charge on any atom is 0.251 e. The van der Waals surface area contributed by atoms with Crippen LogP contribution in [0.4, 0.5) is 0 Å². The molecule has 3 rings (SSSR count). The second-order valence-corrected chi connectivity index (χ2v) is 4.97. The molecule has 92 valence electrons. The summed E-state index contributed by atoms with van der Waals surface area (Å²) < 4.78 is 0. The van der Waals surface area contributed by atoms with Crippen molar-refractivity contribution in [2.45, 2.75) is 32.1 Å². The summed E-state index contributed by atoms with van der Waals surface area (Å²) in [4.78, 5) is 18.5. The summed E-state index contributed by atoms with van der Waals surface area (Å²) >= 11 is 0. The summed E-state index contributed by atoms with van der Waals surface area (Å²) in [7, 11) is 0. The Balaban J connectivity index is 2.02. The number of hydrogen-bond donors (Lipinski definition) is 1. The van der Waals surface area contributed by atoms with E-state index in [4.69, 9.17) is 0 Å². The van der Waals surface area contributed by atoms with Crippen LogP contribution in [0.15, 0.2) is 35.1 Å². The van der Waals surface area contributed by atoms with Crippen LogP contribution in [0.5, 0.6) is 0 Å². The van der Waals surface area contributed by atoms with Crippen molar-refractivity contribution < 1.29 is 0 Å². The number of benzene rings is 1. The summed E-state index contributed by atoms with van der Waals surface area (Å²) in [6.07, 6.45) is 3.90. The van der Waals surface area contributed by atoms with Crippen LogP contribution < -0.4 is 5.56 Å². The molecule has 18 heavy (non-hydrogen) atoms. The first-order valence-electron chi connectivity index (χ1n) is 6.41. The van der Waals surface area contributed by atoms with Gasteiger partial charge in [-0.05, 0) is 37.3 Å². The van der Waals surface area contributed by atoms with Gasteiger partial charge in [-0.15, -0.1) is 0 Å². The van der Waals surface area contributed by atoms with Crippen molar-refractivity contribution in [3.8, 4) is 11.3 Å². The Morgan fingerprint density at radius 1 is 1.28 bits per heavy atom. The highest BCUT2D eigenvalue weighted by atomic mass is 16.1. The van der Waals surface area contributed by atoms with Gasteiger partial charge in [0.1, 0.15) is 5.82 Å². The smallest absolute Gasteiger partial charge is 0.251 e. The standard InChI is InChI=1S/C15H16N2O/c1-10-16-14(9-15(18)17-10)13-7-3-6-12(8-13)11-4-2-5-11/h3,6-9,11H,2,4-5H2,1H3,(H,16,17,18). The number of aryl methyl sites for hydroxylation is 1. The number of rotatable bonds is 2. The fraction of sp³-hybridized carbons (Fsp3) is 0.333. The van der Waals surface area contributed by atoms with E-state index in [0.717, 1.165) is 11.3 Å². The molecule has 2 aromatic rings. The van der Waals surface area contributed by atoms with Crippen molar-refractivity contribution >= 4 is 0 Å². The minimum Gasteiger partial charge on any atom is -0.311 e. The van der Waals surface area contributed by atoms with Crippen LogP contribution in [0.3, 0.4) is 0 Å². The molecule has 1 aromatic carbocycles. The molecule has 0 aliphatic heterocycles. The predicted octanol–water partition coefficient (Wildman–Crippen LogP) is 3.01. The molecular formula is C15H16N2O. The van der Waals surface area contributed by atoms with Crippen molar-refractivity contribution in [1.82, 2.24) is 9.97 Å². The van der Waals surface area contributed by atoms with Gasteiger partial charge in [0.05, 0.1) is 5.69 Å². The molecular weight excluding hydrogens is 224 g/mol. The second kappa shape index (κ2) is 4.41. The van der Waals surface area contributed by atoms with E-state index in [1.807, 2.05) is 6.07 Å². The average molecular weight is 240 g/mol. The van der Waals surface area contributed by atoms with Gasteiger partial charge >= 0.3 is 0 Å². The van der Waals surface area contributed by atoms with Crippen molar-refractivity contribution in [2.75, 3.05) is 0 Å². The largest absolute Gasteiger partial charge is 0.311 e. The molecule has 1 saturated carbocycles.